The van der Waals surface area contributed by atoms with Crippen LogP contribution in [0.3, 0.4) is 0 Å². The molecule has 2 fully saturated rings. The third-order valence-electron chi connectivity index (χ3n) is 6.61. The Morgan fingerprint density at radius 1 is 1.05 bits per heavy atom. The number of ether oxygens (including phenoxy) is 1. The first-order chi connectivity index (χ1) is 10.0. The van der Waals surface area contributed by atoms with Crippen molar-refractivity contribution in [1.29, 1.82) is 0 Å². The van der Waals surface area contributed by atoms with Crippen LogP contribution in [0.25, 0.3) is 0 Å². The van der Waals surface area contributed by atoms with E-state index in [1.54, 1.807) is 6.92 Å². The van der Waals surface area contributed by atoms with Gasteiger partial charge in [-0.25, -0.2) is 0 Å². The largest absolute Gasteiger partial charge is 0.459 e. The summed E-state index contributed by atoms with van der Waals surface area (Å²) in [5.74, 6) is 0.697. The van der Waals surface area contributed by atoms with Crippen LogP contribution in [0, 0.1) is 22.7 Å². The summed E-state index contributed by atoms with van der Waals surface area (Å²) in [5, 5.41) is 0. The van der Waals surface area contributed by atoms with Crippen LogP contribution in [0.5, 0.6) is 0 Å². The molecule has 0 aromatic heterocycles. The van der Waals surface area contributed by atoms with Crippen LogP contribution in [0.15, 0.2) is 0 Å². The van der Waals surface area contributed by atoms with Crippen LogP contribution >= 0.6 is 0 Å². The first kappa shape index (κ1) is 17.5. The Morgan fingerprint density at radius 3 is 2.23 bits per heavy atom. The van der Waals surface area contributed by atoms with Gasteiger partial charge in [0.2, 0.25) is 0 Å². The molecular weight excluding hydrogens is 276 g/mol. The number of fused-ring (bicyclic) bond motifs is 1. The minimum Gasteiger partial charge on any atom is -0.459 e. The van der Waals surface area contributed by atoms with Crippen molar-refractivity contribution in [3.05, 3.63) is 0 Å². The van der Waals surface area contributed by atoms with Crippen LogP contribution in [0.2, 0.25) is 0 Å². The van der Waals surface area contributed by atoms with Gasteiger partial charge < -0.3 is 9.53 Å². The highest BCUT2D eigenvalue weighted by molar-refractivity contribution is 5.76. The number of hydrogen-bond donors (Lipinski definition) is 0. The van der Waals surface area contributed by atoms with Crippen LogP contribution in [0.1, 0.15) is 80.1 Å². The molecule has 126 valence electrons. The van der Waals surface area contributed by atoms with Gasteiger partial charge in [-0.05, 0) is 56.3 Å². The molecule has 0 aromatic carbocycles. The average molecular weight is 308 g/mol. The van der Waals surface area contributed by atoms with Gasteiger partial charge in [0.05, 0.1) is 0 Å². The fraction of sp³-hybridized carbons (Fsp3) is 0.895. The summed E-state index contributed by atoms with van der Waals surface area (Å²) in [6, 6.07) is 0. The molecule has 3 nitrogen and oxygen atoms in total. The molecule has 2 saturated carbocycles. The number of carbonyl (C=O) groups excluding carboxylic acids is 2. The highest BCUT2D eigenvalue weighted by atomic mass is 16.6. The highest BCUT2D eigenvalue weighted by Gasteiger charge is 2.59. The molecule has 0 aliphatic heterocycles. The molecule has 22 heavy (non-hydrogen) atoms. The molecule has 2 aliphatic carbocycles. The van der Waals surface area contributed by atoms with E-state index in [1.807, 2.05) is 6.92 Å². The van der Waals surface area contributed by atoms with E-state index in [1.165, 1.54) is 19.8 Å². The average Bonchev–Trinajstić information content (AvgIpc) is 2.31. The van der Waals surface area contributed by atoms with Gasteiger partial charge in [-0.3, -0.25) is 4.79 Å². The Bertz CT molecular complexity index is 467. The molecule has 0 saturated heterocycles. The Hall–Kier alpha value is -0.860. The summed E-state index contributed by atoms with van der Waals surface area (Å²) >= 11 is 0. The molecule has 4 atom stereocenters. The van der Waals surface area contributed by atoms with E-state index in [-0.39, 0.29) is 23.1 Å². The minimum absolute atomic E-state index is 0.0792. The summed E-state index contributed by atoms with van der Waals surface area (Å²) in [6.45, 7) is 12.3. The van der Waals surface area contributed by atoms with Crippen molar-refractivity contribution in [2.24, 2.45) is 22.7 Å². The topological polar surface area (TPSA) is 43.4 Å². The van der Waals surface area contributed by atoms with Gasteiger partial charge in [-0.1, -0.05) is 27.2 Å². The smallest absolute Gasteiger partial charge is 0.303 e. The van der Waals surface area contributed by atoms with E-state index >= 15 is 0 Å². The maximum atomic E-state index is 11.9. The second-order valence-corrected chi connectivity index (χ2v) is 8.80. The van der Waals surface area contributed by atoms with E-state index in [9.17, 15) is 9.59 Å². The number of rotatable bonds is 3. The first-order valence-corrected chi connectivity index (χ1v) is 8.70. The lowest BCUT2D eigenvalue weighted by atomic mass is 9.45. The molecule has 0 unspecified atom stereocenters. The quantitative estimate of drug-likeness (QED) is 0.719. The van der Waals surface area contributed by atoms with Crippen molar-refractivity contribution in [2.75, 3.05) is 0 Å². The molecule has 0 heterocycles. The summed E-state index contributed by atoms with van der Waals surface area (Å²) in [5.41, 5.74) is -0.119. The van der Waals surface area contributed by atoms with Crippen molar-refractivity contribution >= 4 is 11.8 Å². The van der Waals surface area contributed by atoms with Gasteiger partial charge in [-0.2, -0.15) is 0 Å². The van der Waals surface area contributed by atoms with E-state index in [0.717, 1.165) is 19.3 Å². The van der Waals surface area contributed by atoms with Crippen LogP contribution in [-0.4, -0.2) is 17.4 Å². The van der Waals surface area contributed by atoms with Gasteiger partial charge >= 0.3 is 5.97 Å². The maximum Gasteiger partial charge on any atom is 0.303 e. The van der Waals surface area contributed by atoms with Gasteiger partial charge in [0.15, 0.2) is 0 Å². The molecule has 0 spiro atoms. The zero-order valence-corrected chi connectivity index (χ0v) is 15.1. The fourth-order valence-corrected chi connectivity index (χ4v) is 5.79. The molecule has 0 bridgehead atoms. The molecule has 3 heteroatoms. The summed E-state index contributed by atoms with van der Waals surface area (Å²) in [7, 11) is 0. The predicted octanol–water partition coefficient (Wildman–Crippen LogP) is 4.53. The van der Waals surface area contributed by atoms with E-state index in [2.05, 4.69) is 20.8 Å². The number of hydrogen-bond acceptors (Lipinski definition) is 3. The van der Waals surface area contributed by atoms with Crippen LogP contribution in [-0.2, 0) is 14.3 Å². The SMILES string of the molecule is CC(=O)C[C@H]1[C@@]2(C)CCCC(C)(C)[C@H]2CC[C@@]1(C)OC(C)=O. The number of ketones is 1. The third-order valence-corrected chi connectivity index (χ3v) is 6.61. The second-order valence-electron chi connectivity index (χ2n) is 8.80. The molecule has 0 aromatic rings. The normalized spacial score (nSPS) is 40.6. The zero-order valence-electron chi connectivity index (χ0n) is 15.1. The van der Waals surface area contributed by atoms with Crippen LogP contribution < -0.4 is 0 Å². The van der Waals surface area contributed by atoms with Gasteiger partial charge in [-0.15, -0.1) is 0 Å². The van der Waals surface area contributed by atoms with Crippen molar-refractivity contribution in [3.63, 3.8) is 0 Å². The lowest BCUT2D eigenvalue weighted by Gasteiger charge is -2.61. The Morgan fingerprint density at radius 2 is 1.68 bits per heavy atom. The number of carbonyl (C=O) groups is 2. The maximum absolute atomic E-state index is 11.9. The van der Waals surface area contributed by atoms with Gasteiger partial charge in [0, 0.05) is 19.3 Å². The predicted molar refractivity (Wildman–Crippen MR) is 87.4 cm³/mol. The Labute approximate surface area is 135 Å². The van der Waals surface area contributed by atoms with Crippen molar-refractivity contribution in [3.8, 4) is 0 Å². The monoisotopic (exact) mass is 308 g/mol. The van der Waals surface area contributed by atoms with E-state index in [0.29, 0.717) is 17.8 Å². The zero-order chi connectivity index (χ0) is 16.8. The van der Waals surface area contributed by atoms with E-state index in [4.69, 9.17) is 4.74 Å². The van der Waals surface area contributed by atoms with Gasteiger partial charge in [0.25, 0.3) is 0 Å². The lowest BCUT2D eigenvalue weighted by Crippen LogP contribution is -2.59. The van der Waals surface area contributed by atoms with Crippen molar-refractivity contribution < 1.29 is 14.3 Å². The van der Waals surface area contributed by atoms with Gasteiger partial charge in [0.1, 0.15) is 11.4 Å². The van der Waals surface area contributed by atoms with Crippen molar-refractivity contribution in [2.45, 2.75) is 85.7 Å². The summed E-state index contributed by atoms with van der Waals surface area (Å²) < 4.78 is 5.78. The third kappa shape index (κ3) is 2.96. The molecule has 0 radical (unpaired) electrons. The lowest BCUT2D eigenvalue weighted by molar-refractivity contribution is -0.199. The standard InChI is InChI=1S/C19H32O3/c1-13(20)12-16-18(5)10-7-9-17(3,4)15(18)8-11-19(16,6)22-14(2)21/h15-16H,7-12H2,1-6H3/t15-,16+,18+,19-/m1/s1. The molecule has 2 aliphatic rings. The molecular formula is C19H32O3. The van der Waals surface area contributed by atoms with E-state index < -0.39 is 5.60 Å². The highest BCUT2D eigenvalue weighted by Crippen LogP contribution is 2.63. The second kappa shape index (κ2) is 5.65. The number of Topliss-reactive ketones (excluding diaryl/α,β-unsaturated/α-hetero) is 1. The Kier molecular flexibility index (Phi) is 4.49. The first-order valence-electron chi connectivity index (χ1n) is 8.70. The molecule has 2 rings (SSSR count). The fourth-order valence-electron chi connectivity index (χ4n) is 5.79. The summed E-state index contributed by atoms with van der Waals surface area (Å²) in [4.78, 5) is 23.6. The van der Waals surface area contributed by atoms with Crippen molar-refractivity contribution in [1.82, 2.24) is 0 Å². The molecule has 0 N–H and O–H groups in total. The van der Waals surface area contributed by atoms with Crippen LogP contribution in [0.4, 0.5) is 0 Å². The minimum atomic E-state index is -0.504. The summed E-state index contributed by atoms with van der Waals surface area (Å²) in [6.07, 6.45) is 6.06. The Balaban J connectivity index is 2.43. The number of esters is 1. The molecule has 0 amide bonds.